The molecule has 0 spiro atoms. The van der Waals surface area contributed by atoms with Crippen molar-refractivity contribution in [2.45, 2.75) is 26.2 Å². The number of rotatable bonds is 6. The van der Waals surface area contributed by atoms with E-state index in [9.17, 15) is 0 Å². The maximum Gasteiger partial charge on any atom is 0.0175 e. The molecule has 194 valence electrons. The van der Waals surface area contributed by atoms with Crippen LogP contribution in [0.1, 0.15) is 30.5 Å². The van der Waals surface area contributed by atoms with Crippen molar-refractivity contribution in [1.29, 1.82) is 0 Å². The van der Waals surface area contributed by atoms with Crippen LogP contribution in [0.4, 0.5) is 0 Å². The van der Waals surface area contributed by atoms with E-state index < -0.39 is 0 Å². The zero-order valence-electron chi connectivity index (χ0n) is 23.0. The molecule has 0 aromatic heterocycles. The molecule has 0 radical (unpaired) electrons. The maximum atomic E-state index is 3.54. The van der Waals surface area contributed by atoms with Crippen LogP contribution in [-0.4, -0.2) is 0 Å². The third-order valence-corrected chi connectivity index (χ3v) is 7.77. The summed E-state index contributed by atoms with van der Waals surface area (Å²) in [6.07, 6.45) is 3.28. The van der Waals surface area contributed by atoms with Crippen molar-refractivity contribution in [3.8, 4) is 33.4 Å². The Balaban J connectivity index is 0.000000826. The summed E-state index contributed by atoms with van der Waals surface area (Å²) in [6.45, 7) is 13.7. The van der Waals surface area contributed by atoms with Crippen LogP contribution < -0.4 is 0 Å². The van der Waals surface area contributed by atoms with Gasteiger partial charge in [-0.15, -0.1) is 0 Å². The number of allylic oxidation sites excluding steroid dienone is 2. The molecule has 0 aliphatic carbocycles. The van der Waals surface area contributed by atoms with Gasteiger partial charge in [0, 0.05) is 9.89 Å². The number of hydrogen-bond acceptors (Lipinski definition) is 0. The van der Waals surface area contributed by atoms with Crippen LogP contribution in [-0.2, 0) is 5.41 Å². The van der Waals surface area contributed by atoms with Crippen LogP contribution in [0.25, 0.3) is 33.4 Å². The van der Waals surface area contributed by atoms with E-state index in [2.05, 4.69) is 171 Å². The Hall–Kier alpha value is -3.94. The van der Waals surface area contributed by atoms with Gasteiger partial charge in [-0.05, 0) is 69.1 Å². The minimum atomic E-state index is -0.104. The van der Waals surface area contributed by atoms with Crippen molar-refractivity contribution in [2.75, 3.05) is 0 Å². The average Bonchev–Trinajstić information content (AvgIpc) is 2.98. The van der Waals surface area contributed by atoms with Crippen molar-refractivity contribution in [2.24, 2.45) is 0 Å². The summed E-state index contributed by atoms with van der Waals surface area (Å²) in [5.41, 5.74) is 11.4. The summed E-state index contributed by atoms with van der Waals surface area (Å²) in [5.74, 6) is 0. The van der Waals surface area contributed by atoms with Gasteiger partial charge in [0.1, 0.15) is 0 Å². The molecule has 0 fully saturated rings. The molecule has 0 saturated carbocycles. The molecule has 1 heteroatoms. The molecule has 0 bridgehead atoms. The predicted molar refractivity (Wildman–Crippen MR) is 174 cm³/mol. The summed E-state index contributed by atoms with van der Waals surface area (Å²) in [7, 11) is 0. The molecule has 0 N–H and O–H groups in total. The van der Waals surface area contributed by atoms with Gasteiger partial charge in [-0.1, -0.05) is 164 Å². The summed E-state index contributed by atoms with van der Waals surface area (Å²) >= 11 is 3.54. The molecule has 5 aromatic rings. The molecule has 0 aliphatic heterocycles. The first-order valence-corrected chi connectivity index (χ1v) is 14.0. The van der Waals surface area contributed by atoms with E-state index >= 15 is 0 Å². The highest BCUT2D eigenvalue weighted by Gasteiger charge is 2.27. The lowest BCUT2D eigenvalue weighted by Gasteiger charge is -2.30. The molecule has 0 atom stereocenters. The zero-order valence-corrected chi connectivity index (χ0v) is 24.6. The molecule has 0 unspecified atom stereocenters. The molecule has 39 heavy (non-hydrogen) atoms. The first-order valence-electron chi connectivity index (χ1n) is 13.2. The fourth-order valence-electron chi connectivity index (χ4n) is 5.10. The molecule has 0 heterocycles. The quantitative estimate of drug-likeness (QED) is 0.178. The van der Waals surface area contributed by atoms with Gasteiger partial charge in [-0.3, -0.25) is 0 Å². The molecule has 5 rings (SSSR count). The Morgan fingerprint density at radius 1 is 0.564 bits per heavy atom. The van der Waals surface area contributed by atoms with Crippen molar-refractivity contribution in [1.82, 2.24) is 0 Å². The first kappa shape index (κ1) is 28.1. The highest BCUT2D eigenvalue weighted by atomic mass is 79.9. The van der Waals surface area contributed by atoms with Crippen molar-refractivity contribution in [3.05, 3.63) is 168 Å². The lowest BCUT2D eigenvalue weighted by molar-refractivity contribution is 0.636. The summed E-state index contributed by atoms with van der Waals surface area (Å²) in [4.78, 5) is 0. The fraction of sp³-hybridized carbons (Fsp3) is 0.105. The molecular formula is C38H35Br. The fourth-order valence-corrected chi connectivity index (χ4v) is 5.37. The van der Waals surface area contributed by atoms with E-state index in [0.717, 1.165) is 4.47 Å². The highest BCUT2D eigenvalue weighted by molar-refractivity contribution is 9.10. The van der Waals surface area contributed by atoms with Gasteiger partial charge in [0.25, 0.3) is 0 Å². The second-order valence-corrected chi connectivity index (χ2v) is 11.0. The minimum absolute atomic E-state index is 0.104. The monoisotopic (exact) mass is 570 g/mol. The van der Waals surface area contributed by atoms with Crippen LogP contribution in [0.2, 0.25) is 0 Å². The molecular weight excluding hydrogens is 536 g/mol. The zero-order chi connectivity index (χ0) is 27.8. The standard InChI is InChI=1S/C34H29Br.C4H6/c1-24-32(34(2,3)29-12-8-5-9-13-29)23-22-31(27-10-6-4-7-11-27)33(24)28-16-14-25(15-17-28)26-18-20-30(35)21-19-26;1-3-4-2/h4-23H,1-3H3;3-4H,1-2H2. The normalized spacial score (nSPS) is 10.8. The van der Waals surface area contributed by atoms with Gasteiger partial charge in [0.15, 0.2) is 0 Å². The summed E-state index contributed by atoms with van der Waals surface area (Å²) < 4.78 is 1.10. The smallest absolute Gasteiger partial charge is 0.0175 e. The van der Waals surface area contributed by atoms with Gasteiger partial charge in [0.05, 0.1) is 0 Å². The Bertz CT molecular complexity index is 1520. The largest absolute Gasteiger partial charge is 0.0991 e. The van der Waals surface area contributed by atoms with Crippen LogP contribution in [0.5, 0.6) is 0 Å². The van der Waals surface area contributed by atoms with Gasteiger partial charge >= 0.3 is 0 Å². The Labute approximate surface area is 242 Å². The number of halogens is 1. The lowest BCUT2D eigenvalue weighted by atomic mass is 9.74. The second kappa shape index (κ2) is 12.7. The summed E-state index contributed by atoms with van der Waals surface area (Å²) in [6, 6.07) is 43.7. The van der Waals surface area contributed by atoms with E-state index in [4.69, 9.17) is 0 Å². The van der Waals surface area contributed by atoms with E-state index in [1.165, 1.54) is 50.1 Å². The van der Waals surface area contributed by atoms with E-state index in [-0.39, 0.29) is 5.41 Å². The van der Waals surface area contributed by atoms with Crippen LogP contribution in [0.3, 0.4) is 0 Å². The van der Waals surface area contributed by atoms with Gasteiger partial charge in [-0.2, -0.15) is 0 Å². The Morgan fingerprint density at radius 2 is 1.05 bits per heavy atom. The number of hydrogen-bond donors (Lipinski definition) is 0. The molecule has 0 aliphatic rings. The summed E-state index contributed by atoms with van der Waals surface area (Å²) in [5, 5.41) is 0. The molecule has 0 amide bonds. The molecule has 0 saturated heterocycles. The van der Waals surface area contributed by atoms with Crippen molar-refractivity contribution < 1.29 is 0 Å². The van der Waals surface area contributed by atoms with Crippen molar-refractivity contribution in [3.63, 3.8) is 0 Å². The Morgan fingerprint density at radius 3 is 1.59 bits per heavy atom. The van der Waals surface area contributed by atoms with Gasteiger partial charge < -0.3 is 0 Å². The van der Waals surface area contributed by atoms with Crippen LogP contribution in [0.15, 0.2) is 151 Å². The third-order valence-electron chi connectivity index (χ3n) is 7.24. The molecule has 5 aromatic carbocycles. The van der Waals surface area contributed by atoms with Crippen molar-refractivity contribution >= 4 is 15.9 Å². The second-order valence-electron chi connectivity index (χ2n) is 10.1. The van der Waals surface area contributed by atoms with E-state index in [1.54, 1.807) is 12.2 Å². The van der Waals surface area contributed by atoms with E-state index in [0.29, 0.717) is 0 Å². The van der Waals surface area contributed by atoms with Crippen LogP contribution >= 0.6 is 15.9 Å². The van der Waals surface area contributed by atoms with E-state index in [1.807, 2.05) is 0 Å². The topological polar surface area (TPSA) is 0 Å². The average molecular weight is 572 g/mol. The Kier molecular flexibility index (Phi) is 9.17. The molecule has 0 nitrogen and oxygen atoms in total. The SMILES string of the molecule is C=CC=C.Cc1c(C(C)(C)c2ccccc2)ccc(-c2ccccc2)c1-c1ccc(-c2ccc(Br)cc2)cc1. The van der Waals surface area contributed by atoms with Gasteiger partial charge in [-0.25, -0.2) is 0 Å². The van der Waals surface area contributed by atoms with Crippen LogP contribution in [0, 0.1) is 6.92 Å². The van der Waals surface area contributed by atoms with Gasteiger partial charge in [0.2, 0.25) is 0 Å². The minimum Gasteiger partial charge on any atom is -0.0991 e. The lowest BCUT2D eigenvalue weighted by Crippen LogP contribution is -2.20. The number of benzene rings is 5. The first-order chi connectivity index (χ1) is 18.9. The maximum absolute atomic E-state index is 3.54. The predicted octanol–water partition coefficient (Wildman–Crippen LogP) is 11.4. The highest BCUT2D eigenvalue weighted by Crippen LogP contribution is 2.42. The third kappa shape index (κ3) is 6.38.